The lowest BCUT2D eigenvalue weighted by Gasteiger charge is -2.20. The summed E-state index contributed by atoms with van der Waals surface area (Å²) in [5, 5.41) is 8.54. The minimum Gasteiger partial charge on any atom is -0.384 e. The molecule has 0 heterocycles. The highest BCUT2D eigenvalue weighted by Crippen LogP contribution is 2.17. The van der Waals surface area contributed by atoms with Crippen LogP contribution in [0.5, 0.6) is 0 Å². The third kappa shape index (κ3) is 4.63. The number of halogens is 1. The van der Waals surface area contributed by atoms with Gasteiger partial charge in [0, 0.05) is 11.1 Å². The monoisotopic (exact) mass is 285 g/mol. The number of sulfonamides is 1. The molecule has 4 nitrogen and oxygen atoms in total. The number of hydrogen-bond acceptors (Lipinski definition) is 3. The maximum Gasteiger partial charge on any atom is 0.243 e. The highest BCUT2D eigenvalue weighted by molar-refractivity contribution is 7.89. The summed E-state index contributed by atoms with van der Waals surface area (Å²) < 4.78 is 40.1. The van der Waals surface area contributed by atoms with Gasteiger partial charge in [-0.15, -0.1) is 0 Å². The molecule has 0 radical (unpaired) electrons. The van der Waals surface area contributed by atoms with Crippen molar-refractivity contribution in [1.29, 1.82) is 0 Å². The summed E-state index contributed by atoms with van der Waals surface area (Å²) in [6.07, 6.45) is 0. The van der Waals surface area contributed by atoms with Gasteiger partial charge in [0.1, 0.15) is 17.3 Å². The Morgan fingerprint density at radius 3 is 2.47 bits per heavy atom. The van der Waals surface area contributed by atoms with Gasteiger partial charge < -0.3 is 5.11 Å². The fourth-order valence-corrected chi connectivity index (χ4v) is 2.88. The molecule has 0 fully saturated rings. The molecule has 0 saturated heterocycles. The first-order valence-electron chi connectivity index (χ1n) is 5.59. The first-order valence-corrected chi connectivity index (χ1v) is 7.07. The van der Waals surface area contributed by atoms with E-state index in [1.54, 1.807) is 20.8 Å². The maximum absolute atomic E-state index is 13.8. The predicted octanol–water partition coefficient (Wildman–Crippen LogP) is 1.25. The molecule has 0 aliphatic carbocycles. The lowest BCUT2D eigenvalue weighted by Crippen LogP contribution is -2.40. The SMILES string of the molecule is CC(C)(C)NS(=O)(=O)c1ccc(C#CCO)cc1F. The molecule has 1 aromatic rings. The van der Waals surface area contributed by atoms with Crippen molar-refractivity contribution < 1.29 is 17.9 Å². The van der Waals surface area contributed by atoms with E-state index in [4.69, 9.17) is 5.11 Å². The van der Waals surface area contributed by atoms with E-state index in [2.05, 4.69) is 16.6 Å². The van der Waals surface area contributed by atoms with Crippen LogP contribution in [0.1, 0.15) is 26.3 Å². The average Bonchev–Trinajstić information content (AvgIpc) is 2.22. The molecule has 19 heavy (non-hydrogen) atoms. The van der Waals surface area contributed by atoms with Crippen LogP contribution >= 0.6 is 0 Å². The van der Waals surface area contributed by atoms with Gasteiger partial charge in [-0.2, -0.15) is 0 Å². The van der Waals surface area contributed by atoms with Gasteiger partial charge in [-0.05, 0) is 39.0 Å². The molecular weight excluding hydrogens is 269 g/mol. The Balaban J connectivity index is 3.16. The van der Waals surface area contributed by atoms with Crippen LogP contribution in [0.25, 0.3) is 0 Å². The molecule has 0 atom stereocenters. The molecule has 0 aromatic heterocycles. The summed E-state index contributed by atoms with van der Waals surface area (Å²) in [5.74, 6) is 4.00. The second-order valence-corrected chi connectivity index (χ2v) is 6.61. The van der Waals surface area contributed by atoms with Gasteiger partial charge in [0.15, 0.2) is 0 Å². The first kappa shape index (κ1) is 15.6. The fraction of sp³-hybridized carbons (Fsp3) is 0.385. The third-order valence-electron chi connectivity index (χ3n) is 1.97. The fourth-order valence-electron chi connectivity index (χ4n) is 1.40. The van der Waals surface area contributed by atoms with Gasteiger partial charge in [0.05, 0.1) is 0 Å². The highest BCUT2D eigenvalue weighted by atomic mass is 32.2. The smallest absolute Gasteiger partial charge is 0.243 e. The minimum absolute atomic E-state index is 0.307. The zero-order valence-electron chi connectivity index (χ0n) is 11.0. The Bertz CT molecular complexity index is 622. The molecule has 0 saturated carbocycles. The molecule has 6 heteroatoms. The van der Waals surface area contributed by atoms with Gasteiger partial charge in [0.25, 0.3) is 0 Å². The Morgan fingerprint density at radius 1 is 1.37 bits per heavy atom. The number of rotatable bonds is 2. The lowest BCUT2D eigenvalue weighted by atomic mass is 10.1. The average molecular weight is 285 g/mol. The maximum atomic E-state index is 13.8. The van der Waals surface area contributed by atoms with Crippen molar-refractivity contribution in [3.63, 3.8) is 0 Å². The van der Waals surface area contributed by atoms with Crippen molar-refractivity contribution in [3.05, 3.63) is 29.6 Å². The van der Waals surface area contributed by atoms with Crippen LogP contribution in [0.4, 0.5) is 4.39 Å². The van der Waals surface area contributed by atoms with Gasteiger partial charge in [-0.25, -0.2) is 17.5 Å². The van der Waals surface area contributed by atoms with Crippen molar-refractivity contribution in [1.82, 2.24) is 4.72 Å². The molecule has 0 unspecified atom stereocenters. The Labute approximate surface area is 112 Å². The Morgan fingerprint density at radius 2 is 2.00 bits per heavy atom. The lowest BCUT2D eigenvalue weighted by molar-refractivity contribution is 0.350. The van der Waals surface area contributed by atoms with Crippen molar-refractivity contribution in [3.8, 4) is 11.8 Å². The van der Waals surface area contributed by atoms with Gasteiger partial charge in [0.2, 0.25) is 10.0 Å². The number of benzene rings is 1. The number of nitrogens with one attached hydrogen (secondary N) is 1. The Hall–Kier alpha value is -1.42. The molecule has 0 aliphatic rings. The molecule has 1 rings (SSSR count). The van der Waals surface area contributed by atoms with E-state index in [0.717, 1.165) is 12.1 Å². The zero-order valence-corrected chi connectivity index (χ0v) is 11.8. The van der Waals surface area contributed by atoms with E-state index in [1.165, 1.54) is 6.07 Å². The van der Waals surface area contributed by atoms with E-state index in [0.29, 0.717) is 5.56 Å². The molecular formula is C13H16FNO3S. The van der Waals surface area contributed by atoms with Crippen LogP contribution < -0.4 is 4.72 Å². The van der Waals surface area contributed by atoms with E-state index in [-0.39, 0.29) is 6.61 Å². The van der Waals surface area contributed by atoms with Gasteiger partial charge in [-0.1, -0.05) is 11.8 Å². The van der Waals surface area contributed by atoms with Crippen LogP contribution in [0.15, 0.2) is 23.1 Å². The summed E-state index contributed by atoms with van der Waals surface area (Å²) in [4.78, 5) is -0.419. The Kier molecular flexibility index (Phi) is 4.69. The van der Waals surface area contributed by atoms with Crippen molar-refractivity contribution in [2.75, 3.05) is 6.61 Å². The third-order valence-corrected chi connectivity index (χ3v) is 3.76. The second-order valence-electron chi connectivity index (χ2n) is 4.96. The molecule has 0 bridgehead atoms. The van der Waals surface area contributed by atoms with E-state index in [9.17, 15) is 12.8 Å². The summed E-state index contributed by atoms with van der Waals surface area (Å²) >= 11 is 0. The van der Waals surface area contributed by atoms with Crippen molar-refractivity contribution in [2.45, 2.75) is 31.2 Å². The summed E-state index contributed by atoms with van der Waals surface area (Å²) in [5.41, 5.74) is -0.387. The van der Waals surface area contributed by atoms with Crippen LogP contribution in [-0.2, 0) is 10.0 Å². The molecule has 2 N–H and O–H groups in total. The topological polar surface area (TPSA) is 66.4 Å². The standard InChI is InChI=1S/C13H16FNO3S/c1-13(2,3)15-19(17,18)12-7-6-10(5-4-8-16)9-11(12)14/h6-7,9,15-16H,8H2,1-3H3. The van der Waals surface area contributed by atoms with Crippen molar-refractivity contribution >= 4 is 10.0 Å². The second kappa shape index (κ2) is 5.70. The van der Waals surface area contributed by atoms with E-state index >= 15 is 0 Å². The summed E-state index contributed by atoms with van der Waals surface area (Å²) in [6.45, 7) is 4.67. The number of aliphatic hydroxyl groups is 1. The first-order chi connectivity index (χ1) is 8.65. The predicted molar refractivity (Wildman–Crippen MR) is 70.4 cm³/mol. The van der Waals surface area contributed by atoms with Crippen LogP contribution in [0.2, 0.25) is 0 Å². The van der Waals surface area contributed by atoms with Crippen molar-refractivity contribution in [2.24, 2.45) is 0 Å². The van der Waals surface area contributed by atoms with Gasteiger partial charge in [-0.3, -0.25) is 0 Å². The van der Waals surface area contributed by atoms with E-state index in [1.807, 2.05) is 0 Å². The molecule has 1 aromatic carbocycles. The van der Waals surface area contributed by atoms with E-state index < -0.39 is 26.3 Å². The number of hydrogen-bond donors (Lipinski definition) is 2. The summed E-state index contributed by atoms with van der Waals surface area (Å²) in [7, 11) is -3.91. The largest absolute Gasteiger partial charge is 0.384 e. The molecule has 104 valence electrons. The normalized spacial score (nSPS) is 11.8. The molecule has 0 spiro atoms. The highest BCUT2D eigenvalue weighted by Gasteiger charge is 2.24. The van der Waals surface area contributed by atoms with Crippen LogP contribution in [0, 0.1) is 17.7 Å². The minimum atomic E-state index is -3.91. The van der Waals surface area contributed by atoms with Crippen LogP contribution in [-0.4, -0.2) is 25.7 Å². The quantitative estimate of drug-likeness (QED) is 0.804. The summed E-state index contributed by atoms with van der Waals surface area (Å²) in [6, 6.07) is 3.58. The van der Waals surface area contributed by atoms with Crippen LogP contribution in [0.3, 0.4) is 0 Å². The van der Waals surface area contributed by atoms with Gasteiger partial charge >= 0.3 is 0 Å². The zero-order chi connectivity index (χ0) is 14.7. The molecule has 0 amide bonds. The number of aliphatic hydroxyl groups excluding tert-OH is 1. The molecule has 0 aliphatic heterocycles.